The number of carbonyl (C=O) groups is 1. The van der Waals surface area contributed by atoms with Gasteiger partial charge in [-0.05, 0) is 59.3 Å². The molecular formula is C16H17BrN2O5S. The van der Waals surface area contributed by atoms with Crippen molar-refractivity contribution in [1.29, 1.82) is 0 Å². The van der Waals surface area contributed by atoms with Crippen molar-refractivity contribution in [1.82, 2.24) is 5.48 Å². The maximum atomic E-state index is 12.5. The molecule has 0 unspecified atom stereocenters. The van der Waals surface area contributed by atoms with Crippen molar-refractivity contribution in [2.75, 3.05) is 18.4 Å². The number of hydroxylamine groups is 1. The van der Waals surface area contributed by atoms with E-state index < -0.39 is 15.9 Å². The van der Waals surface area contributed by atoms with Crippen molar-refractivity contribution in [3.05, 3.63) is 52.5 Å². The first kappa shape index (κ1) is 19.2. The number of carbonyl (C=O) groups excluding carboxylic acids is 1. The Bertz CT molecular complexity index is 871. The van der Waals surface area contributed by atoms with Crippen LogP contribution in [0.5, 0.6) is 5.75 Å². The summed E-state index contributed by atoms with van der Waals surface area (Å²) in [5.41, 5.74) is 2.67. The van der Waals surface area contributed by atoms with Crippen LogP contribution in [0, 0.1) is 0 Å². The summed E-state index contributed by atoms with van der Waals surface area (Å²) in [7, 11) is -2.56. The molecule has 2 aromatic rings. The predicted molar refractivity (Wildman–Crippen MR) is 97.0 cm³/mol. The summed E-state index contributed by atoms with van der Waals surface area (Å²) in [6.07, 6.45) is 0. The van der Waals surface area contributed by atoms with Gasteiger partial charge in [-0.2, -0.15) is 0 Å². The highest BCUT2D eigenvalue weighted by atomic mass is 79.9. The molecule has 7 nitrogen and oxygen atoms in total. The summed E-state index contributed by atoms with van der Waals surface area (Å²) < 4.78 is 33.6. The van der Waals surface area contributed by atoms with Crippen LogP contribution in [0.2, 0.25) is 0 Å². The average molecular weight is 429 g/mol. The van der Waals surface area contributed by atoms with E-state index in [0.717, 1.165) is 0 Å². The number of rotatable bonds is 7. The maximum Gasteiger partial charge on any atom is 0.274 e. The van der Waals surface area contributed by atoms with Gasteiger partial charge in [0.05, 0.1) is 28.8 Å². The fourth-order valence-electron chi connectivity index (χ4n) is 2.01. The monoisotopic (exact) mass is 428 g/mol. The summed E-state index contributed by atoms with van der Waals surface area (Å²) in [5, 5.41) is 0. The van der Waals surface area contributed by atoms with Crippen LogP contribution in [0.25, 0.3) is 0 Å². The van der Waals surface area contributed by atoms with Crippen molar-refractivity contribution >= 4 is 37.5 Å². The number of anilines is 1. The molecule has 0 aliphatic rings. The molecule has 0 saturated heterocycles. The Labute approximate surface area is 154 Å². The first-order chi connectivity index (χ1) is 11.9. The molecule has 0 aliphatic heterocycles. The molecule has 9 heteroatoms. The molecule has 0 heterocycles. The number of hydrogen-bond acceptors (Lipinski definition) is 5. The third-order valence-corrected chi connectivity index (χ3v) is 5.08. The molecule has 2 N–H and O–H groups in total. The van der Waals surface area contributed by atoms with E-state index in [2.05, 4.69) is 31.0 Å². The van der Waals surface area contributed by atoms with Crippen LogP contribution in [0.15, 0.2) is 51.8 Å². The Morgan fingerprint density at radius 2 is 1.96 bits per heavy atom. The summed E-state index contributed by atoms with van der Waals surface area (Å²) in [6.45, 7) is 2.36. The van der Waals surface area contributed by atoms with Crippen molar-refractivity contribution in [2.24, 2.45) is 0 Å². The van der Waals surface area contributed by atoms with E-state index >= 15 is 0 Å². The molecule has 0 radical (unpaired) electrons. The number of hydrogen-bond donors (Lipinski definition) is 2. The third kappa shape index (κ3) is 4.94. The van der Waals surface area contributed by atoms with Gasteiger partial charge in [-0.25, -0.2) is 13.9 Å². The second-order valence-corrected chi connectivity index (χ2v) is 7.38. The maximum absolute atomic E-state index is 12.5. The lowest BCUT2D eigenvalue weighted by atomic mass is 10.2. The van der Waals surface area contributed by atoms with E-state index in [-0.39, 0.29) is 10.5 Å². The number of nitrogens with one attached hydrogen (secondary N) is 2. The smallest absolute Gasteiger partial charge is 0.274 e. The first-order valence-electron chi connectivity index (χ1n) is 7.26. The van der Waals surface area contributed by atoms with E-state index in [1.807, 2.05) is 6.92 Å². The van der Waals surface area contributed by atoms with Crippen molar-refractivity contribution < 1.29 is 22.8 Å². The topological polar surface area (TPSA) is 93.7 Å². The van der Waals surface area contributed by atoms with Gasteiger partial charge in [0.25, 0.3) is 15.9 Å². The number of halogens is 1. The van der Waals surface area contributed by atoms with Gasteiger partial charge in [0, 0.05) is 5.56 Å². The predicted octanol–water partition coefficient (Wildman–Crippen LogP) is 2.94. The lowest BCUT2D eigenvalue weighted by molar-refractivity contribution is 0.0537. The zero-order chi connectivity index (χ0) is 18.4. The quantitative estimate of drug-likeness (QED) is 0.661. The largest absolute Gasteiger partial charge is 0.493 e. The van der Waals surface area contributed by atoms with Gasteiger partial charge in [-0.3, -0.25) is 14.4 Å². The van der Waals surface area contributed by atoms with Crippen molar-refractivity contribution in [3.8, 4) is 5.75 Å². The lowest BCUT2D eigenvalue weighted by Gasteiger charge is -2.11. The van der Waals surface area contributed by atoms with Crippen LogP contribution in [0.1, 0.15) is 17.3 Å². The van der Waals surface area contributed by atoms with E-state index in [0.29, 0.717) is 22.5 Å². The molecule has 1 amide bonds. The Balaban J connectivity index is 2.26. The zero-order valence-electron chi connectivity index (χ0n) is 13.6. The highest BCUT2D eigenvalue weighted by Gasteiger charge is 2.17. The third-order valence-electron chi connectivity index (χ3n) is 3.09. The number of ether oxygens (including phenoxy) is 1. The molecule has 2 rings (SSSR count). The molecule has 0 bridgehead atoms. The number of benzene rings is 2. The molecule has 0 saturated carbocycles. The molecule has 25 heavy (non-hydrogen) atoms. The van der Waals surface area contributed by atoms with Crippen molar-refractivity contribution in [2.45, 2.75) is 11.8 Å². The van der Waals surface area contributed by atoms with Gasteiger partial charge >= 0.3 is 0 Å². The SMILES string of the molecule is CCOc1ccc(NS(=O)(=O)c2cccc(C(=O)NOC)c2)cc1Br. The van der Waals surface area contributed by atoms with Gasteiger partial charge < -0.3 is 4.74 Å². The molecule has 0 atom stereocenters. The Hall–Kier alpha value is -2.10. The Morgan fingerprint density at radius 3 is 2.60 bits per heavy atom. The summed E-state index contributed by atoms with van der Waals surface area (Å²) in [4.78, 5) is 16.3. The minimum Gasteiger partial charge on any atom is -0.493 e. The molecule has 0 fully saturated rings. The molecular weight excluding hydrogens is 412 g/mol. The van der Waals surface area contributed by atoms with Gasteiger partial charge in [-0.1, -0.05) is 6.07 Å². The second-order valence-electron chi connectivity index (χ2n) is 4.85. The highest BCUT2D eigenvalue weighted by Crippen LogP contribution is 2.29. The van der Waals surface area contributed by atoms with E-state index in [4.69, 9.17) is 4.74 Å². The van der Waals surface area contributed by atoms with E-state index in [1.54, 1.807) is 18.2 Å². The minimum atomic E-state index is -3.86. The van der Waals surface area contributed by atoms with Gasteiger partial charge in [0.1, 0.15) is 5.75 Å². The summed E-state index contributed by atoms with van der Waals surface area (Å²) in [6, 6.07) is 10.5. The summed E-state index contributed by atoms with van der Waals surface area (Å²) in [5.74, 6) is 0.0760. The number of amides is 1. The zero-order valence-corrected chi connectivity index (χ0v) is 16.0. The van der Waals surface area contributed by atoms with Crippen LogP contribution in [-0.4, -0.2) is 28.0 Å². The standard InChI is InChI=1S/C16H17BrN2O5S/c1-3-24-15-8-7-12(10-14(15)17)19-25(21,22)13-6-4-5-11(9-13)16(20)18-23-2/h4-10,19H,3H2,1-2H3,(H,18,20). The van der Waals surface area contributed by atoms with Crippen LogP contribution in [-0.2, 0) is 14.9 Å². The van der Waals surface area contributed by atoms with Crippen LogP contribution < -0.4 is 14.9 Å². The fourth-order valence-corrected chi connectivity index (χ4v) is 3.60. The van der Waals surface area contributed by atoms with E-state index in [1.165, 1.54) is 31.4 Å². The molecule has 2 aromatic carbocycles. The van der Waals surface area contributed by atoms with Gasteiger partial charge in [0.15, 0.2) is 0 Å². The normalized spacial score (nSPS) is 11.0. The highest BCUT2D eigenvalue weighted by molar-refractivity contribution is 9.10. The lowest BCUT2D eigenvalue weighted by Crippen LogP contribution is -2.22. The minimum absolute atomic E-state index is 0.0405. The fraction of sp³-hybridized carbons (Fsp3) is 0.188. The van der Waals surface area contributed by atoms with Crippen molar-refractivity contribution in [3.63, 3.8) is 0 Å². The molecule has 134 valence electrons. The van der Waals surface area contributed by atoms with Gasteiger partial charge in [-0.15, -0.1) is 0 Å². The molecule has 0 aromatic heterocycles. The number of sulfonamides is 1. The van der Waals surface area contributed by atoms with Gasteiger partial charge in [0.2, 0.25) is 0 Å². The summed E-state index contributed by atoms with van der Waals surface area (Å²) >= 11 is 3.33. The Morgan fingerprint density at radius 1 is 1.20 bits per heavy atom. The first-order valence-corrected chi connectivity index (χ1v) is 9.53. The van der Waals surface area contributed by atoms with Crippen LogP contribution in [0.4, 0.5) is 5.69 Å². The molecule has 0 aliphatic carbocycles. The average Bonchev–Trinajstić information content (AvgIpc) is 2.57. The second kappa shape index (κ2) is 8.32. The molecule has 0 spiro atoms. The van der Waals surface area contributed by atoms with Crippen LogP contribution in [0.3, 0.4) is 0 Å². The Kier molecular flexibility index (Phi) is 6.40. The van der Waals surface area contributed by atoms with E-state index in [9.17, 15) is 13.2 Å². The van der Waals surface area contributed by atoms with Crippen LogP contribution >= 0.6 is 15.9 Å².